The van der Waals surface area contributed by atoms with E-state index in [0.717, 1.165) is 12.8 Å². The van der Waals surface area contributed by atoms with Crippen LogP contribution in [0.1, 0.15) is 12.0 Å². The van der Waals surface area contributed by atoms with Gasteiger partial charge in [0.15, 0.2) is 0 Å². The molecule has 3 rings (SSSR count). The summed E-state index contributed by atoms with van der Waals surface area (Å²) in [6, 6.07) is 22.9. The zero-order chi connectivity index (χ0) is 20.5. The summed E-state index contributed by atoms with van der Waals surface area (Å²) in [6.45, 7) is 0.626. The Bertz CT molecular complexity index is 949. The molecule has 0 aliphatic heterocycles. The lowest BCUT2D eigenvalue weighted by Crippen LogP contribution is -2.22. The Balaban J connectivity index is 1.50. The topological polar surface area (TPSA) is 50.4 Å². The number of aryl methyl sites for hydroxylation is 1. The van der Waals surface area contributed by atoms with Crippen molar-refractivity contribution < 1.29 is 9.53 Å². The molecule has 0 saturated carbocycles. The third-order valence-electron chi connectivity index (χ3n) is 4.26. The van der Waals surface area contributed by atoms with Crippen molar-refractivity contribution in [1.29, 1.82) is 0 Å². The summed E-state index contributed by atoms with van der Waals surface area (Å²) >= 11 is 12.1. The van der Waals surface area contributed by atoms with Crippen LogP contribution in [-0.4, -0.2) is 19.1 Å². The minimum atomic E-state index is -0.207. The van der Waals surface area contributed by atoms with Crippen molar-refractivity contribution in [3.8, 4) is 5.75 Å². The maximum Gasteiger partial charge on any atom is 0.243 e. The molecule has 0 aliphatic rings. The average Bonchev–Trinajstić information content (AvgIpc) is 2.74. The quantitative estimate of drug-likeness (QED) is 0.407. The van der Waals surface area contributed by atoms with Gasteiger partial charge in [-0.2, -0.15) is 0 Å². The van der Waals surface area contributed by atoms with Crippen molar-refractivity contribution in [3.05, 3.63) is 88.4 Å². The molecule has 0 fully saturated rings. The normalized spacial score (nSPS) is 10.4. The monoisotopic (exact) mass is 428 g/mol. The summed E-state index contributed by atoms with van der Waals surface area (Å²) in [5.41, 5.74) is 2.53. The van der Waals surface area contributed by atoms with Crippen molar-refractivity contribution in [2.45, 2.75) is 12.8 Å². The van der Waals surface area contributed by atoms with E-state index in [0.29, 0.717) is 33.8 Å². The van der Waals surface area contributed by atoms with E-state index in [1.165, 1.54) is 5.56 Å². The number of carbonyl (C=O) groups excluding carboxylic acids is 1. The van der Waals surface area contributed by atoms with Crippen LogP contribution in [0, 0.1) is 0 Å². The lowest BCUT2D eigenvalue weighted by Gasteiger charge is -2.13. The first-order valence-corrected chi connectivity index (χ1v) is 10.1. The Labute approximate surface area is 180 Å². The predicted molar refractivity (Wildman–Crippen MR) is 120 cm³/mol. The van der Waals surface area contributed by atoms with Crippen LogP contribution in [0.4, 0.5) is 11.4 Å². The summed E-state index contributed by atoms with van der Waals surface area (Å²) in [5.74, 6) is 0.441. The van der Waals surface area contributed by atoms with Crippen LogP contribution in [0.5, 0.6) is 5.75 Å². The fourth-order valence-electron chi connectivity index (χ4n) is 2.81. The van der Waals surface area contributed by atoms with Gasteiger partial charge in [0.1, 0.15) is 5.75 Å². The molecule has 3 aromatic carbocycles. The van der Waals surface area contributed by atoms with E-state index >= 15 is 0 Å². The zero-order valence-electron chi connectivity index (χ0n) is 15.8. The van der Waals surface area contributed by atoms with E-state index < -0.39 is 0 Å². The average molecular weight is 429 g/mol. The molecule has 1 amide bonds. The molecule has 0 aliphatic carbocycles. The van der Waals surface area contributed by atoms with E-state index in [9.17, 15) is 4.79 Å². The summed E-state index contributed by atoms with van der Waals surface area (Å²) in [5, 5.41) is 6.69. The van der Waals surface area contributed by atoms with Crippen LogP contribution in [0.3, 0.4) is 0 Å². The molecule has 3 aromatic rings. The van der Waals surface area contributed by atoms with Gasteiger partial charge < -0.3 is 15.4 Å². The van der Waals surface area contributed by atoms with Crippen molar-refractivity contribution in [2.75, 3.05) is 23.8 Å². The smallest absolute Gasteiger partial charge is 0.243 e. The van der Waals surface area contributed by atoms with Crippen LogP contribution in [0.15, 0.2) is 72.8 Å². The number of anilines is 2. The molecule has 150 valence electrons. The highest BCUT2D eigenvalue weighted by atomic mass is 35.5. The second kappa shape index (κ2) is 10.7. The highest BCUT2D eigenvalue weighted by molar-refractivity contribution is 6.43. The summed E-state index contributed by atoms with van der Waals surface area (Å²) in [7, 11) is 0. The maximum atomic E-state index is 12.3. The molecule has 4 nitrogen and oxygen atoms in total. The van der Waals surface area contributed by atoms with E-state index in [4.69, 9.17) is 27.9 Å². The van der Waals surface area contributed by atoms with Gasteiger partial charge >= 0.3 is 0 Å². The Kier molecular flexibility index (Phi) is 7.79. The van der Waals surface area contributed by atoms with Gasteiger partial charge in [0.05, 0.1) is 34.6 Å². The standard InChI is InChI=1S/C23H22Cl2N2O2/c24-18-11-6-13-20(23(18)25)26-16-22(28)27-19-12-4-5-14-21(19)29-15-7-10-17-8-2-1-3-9-17/h1-6,8-9,11-14,26H,7,10,15-16H2,(H,27,28). The van der Waals surface area contributed by atoms with Gasteiger partial charge in [-0.1, -0.05) is 71.7 Å². The number of rotatable bonds is 9. The molecular formula is C23H22Cl2N2O2. The molecule has 0 radical (unpaired) electrons. The number of amides is 1. The number of benzene rings is 3. The molecule has 0 atom stereocenters. The van der Waals surface area contributed by atoms with Gasteiger partial charge in [-0.3, -0.25) is 4.79 Å². The zero-order valence-corrected chi connectivity index (χ0v) is 17.3. The lowest BCUT2D eigenvalue weighted by atomic mass is 10.1. The predicted octanol–water partition coefficient (Wildman–Crippen LogP) is 6.06. The first-order valence-electron chi connectivity index (χ1n) is 9.37. The lowest BCUT2D eigenvalue weighted by molar-refractivity contribution is -0.114. The van der Waals surface area contributed by atoms with Crippen molar-refractivity contribution in [2.24, 2.45) is 0 Å². The number of hydrogen-bond donors (Lipinski definition) is 2. The fourth-order valence-corrected chi connectivity index (χ4v) is 3.18. The number of nitrogens with one attached hydrogen (secondary N) is 2. The third-order valence-corrected chi connectivity index (χ3v) is 5.08. The summed E-state index contributed by atoms with van der Waals surface area (Å²) < 4.78 is 5.88. The van der Waals surface area contributed by atoms with E-state index in [-0.39, 0.29) is 12.5 Å². The van der Waals surface area contributed by atoms with Gasteiger partial charge in [-0.05, 0) is 42.7 Å². The molecule has 0 heterocycles. The highest BCUT2D eigenvalue weighted by Crippen LogP contribution is 2.29. The Morgan fingerprint density at radius 2 is 1.59 bits per heavy atom. The van der Waals surface area contributed by atoms with Crippen molar-refractivity contribution >= 4 is 40.5 Å². The first-order chi connectivity index (χ1) is 14.1. The van der Waals surface area contributed by atoms with Crippen LogP contribution in [0.2, 0.25) is 10.0 Å². The second-order valence-electron chi connectivity index (χ2n) is 6.44. The molecule has 0 spiro atoms. The van der Waals surface area contributed by atoms with Gasteiger partial charge in [0.2, 0.25) is 5.91 Å². The molecule has 6 heteroatoms. The van der Waals surface area contributed by atoms with Crippen molar-refractivity contribution in [3.63, 3.8) is 0 Å². The van der Waals surface area contributed by atoms with Crippen LogP contribution in [0.25, 0.3) is 0 Å². The molecule has 2 N–H and O–H groups in total. The molecule has 0 aromatic heterocycles. The SMILES string of the molecule is O=C(CNc1cccc(Cl)c1Cl)Nc1ccccc1OCCCc1ccccc1. The molecule has 0 bridgehead atoms. The van der Waals surface area contributed by atoms with Crippen LogP contribution >= 0.6 is 23.2 Å². The molecular weight excluding hydrogens is 407 g/mol. The minimum Gasteiger partial charge on any atom is -0.491 e. The van der Waals surface area contributed by atoms with Crippen LogP contribution < -0.4 is 15.4 Å². The van der Waals surface area contributed by atoms with E-state index in [1.807, 2.05) is 42.5 Å². The highest BCUT2D eigenvalue weighted by Gasteiger charge is 2.09. The molecule has 0 unspecified atom stereocenters. The van der Waals surface area contributed by atoms with Gasteiger partial charge in [-0.15, -0.1) is 0 Å². The first kappa shape index (κ1) is 21.0. The largest absolute Gasteiger partial charge is 0.491 e. The minimum absolute atomic E-state index is 0.0579. The Hall–Kier alpha value is -2.69. The second-order valence-corrected chi connectivity index (χ2v) is 7.22. The van der Waals surface area contributed by atoms with Gasteiger partial charge in [0.25, 0.3) is 0 Å². The summed E-state index contributed by atoms with van der Waals surface area (Å²) in [6.07, 6.45) is 1.83. The number of ether oxygens (including phenoxy) is 1. The Morgan fingerprint density at radius 1 is 0.862 bits per heavy atom. The van der Waals surface area contributed by atoms with Crippen LogP contribution in [-0.2, 0) is 11.2 Å². The number of para-hydroxylation sites is 2. The van der Waals surface area contributed by atoms with E-state index in [2.05, 4.69) is 22.8 Å². The Morgan fingerprint density at radius 3 is 2.41 bits per heavy atom. The number of hydrogen-bond acceptors (Lipinski definition) is 3. The fraction of sp³-hybridized carbons (Fsp3) is 0.174. The number of halogens is 2. The van der Waals surface area contributed by atoms with Gasteiger partial charge in [0, 0.05) is 0 Å². The third kappa shape index (κ3) is 6.41. The summed E-state index contributed by atoms with van der Waals surface area (Å²) in [4.78, 5) is 12.3. The maximum absolute atomic E-state index is 12.3. The molecule has 0 saturated heterocycles. The van der Waals surface area contributed by atoms with E-state index in [1.54, 1.807) is 18.2 Å². The van der Waals surface area contributed by atoms with Gasteiger partial charge in [-0.25, -0.2) is 0 Å². The van der Waals surface area contributed by atoms with Crippen molar-refractivity contribution in [1.82, 2.24) is 0 Å². The number of carbonyl (C=O) groups is 1. The molecule has 29 heavy (non-hydrogen) atoms.